The zero-order valence-electron chi connectivity index (χ0n) is 14.7. The minimum atomic E-state index is -0.275. The van der Waals surface area contributed by atoms with Crippen LogP contribution in [-0.4, -0.2) is 20.7 Å². The average molecular weight is 352 g/mol. The summed E-state index contributed by atoms with van der Waals surface area (Å²) in [7, 11) is 0. The van der Waals surface area contributed by atoms with E-state index in [0.29, 0.717) is 23.8 Å². The quantitative estimate of drug-likeness (QED) is 0.736. The van der Waals surface area contributed by atoms with Crippen LogP contribution in [0.2, 0.25) is 0 Å². The summed E-state index contributed by atoms with van der Waals surface area (Å²) in [5.74, 6) is 0.573. The Balaban J connectivity index is 1.79. The molecule has 2 heterocycles. The van der Waals surface area contributed by atoms with Crippen molar-refractivity contribution in [3.05, 3.63) is 64.4 Å². The van der Waals surface area contributed by atoms with Crippen molar-refractivity contribution in [2.45, 2.75) is 33.2 Å². The van der Waals surface area contributed by atoms with Crippen molar-refractivity contribution in [2.75, 3.05) is 5.32 Å². The van der Waals surface area contributed by atoms with Gasteiger partial charge in [0.1, 0.15) is 6.54 Å². The Morgan fingerprint density at radius 3 is 2.65 bits per heavy atom. The van der Waals surface area contributed by atoms with E-state index in [1.807, 2.05) is 38.1 Å². The Morgan fingerprint density at radius 2 is 1.92 bits per heavy atom. The molecule has 7 heteroatoms. The number of para-hydroxylation sites is 1. The lowest BCUT2D eigenvalue weighted by atomic mass is 10.1. The number of pyridine rings is 1. The maximum atomic E-state index is 12.4. The van der Waals surface area contributed by atoms with E-state index in [0.717, 1.165) is 17.7 Å². The summed E-state index contributed by atoms with van der Waals surface area (Å²) >= 11 is 0. The Labute approximate surface area is 150 Å². The number of aryl methyl sites for hydroxylation is 2. The normalized spacial score (nSPS) is 10.7. The van der Waals surface area contributed by atoms with Crippen LogP contribution in [0.3, 0.4) is 0 Å². The number of carbonyl (C=O) groups is 1. The molecule has 0 unspecified atom stereocenters. The number of benzene rings is 1. The van der Waals surface area contributed by atoms with E-state index in [1.165, 1.54) is 10.6 Å². The maximum Gasteiger partial charge on any atom is 0.251 e. The molecule has 0 saturated carbocycles. The van der Waals surface area contributed by atoms with E-state index in [9.17, 15) is 9.59 Å². The van der Waals surface area contributed by atoms with Crippen LogP contribution in [0.1, 0.15) is 25.3 Å². The summed E-state index contributed by atoms with van der Waals surface area (Å²) in [4.78, 5) is 24.5. The second-order valence-corrected chi connectivity index (χ2v) is 5.80. The first-order valence-electron chi connectivity index (χ1n) is 8.51. The molecule has 0 bridgehead atoms. The van der Waals surface area contributed by atoms with Gasteiger partial charge in [-0.15, -0.1) is 10.2 Å². The highest BCUT2D eigenvalue weighted by atomic mass is 16.4. The number of anilines is 1. The van der Waals surface area contributed by atoms with Gasteiger partial charge in [0.2, 0.25) is 17.7 Å². The number of rotatable bonds is 6. The van der Waals surface area contributed by atoms with Crippen LogP contribution >= 0.6 is 0 Å². The zero-order valence-corrected chi connectivity index (χ0v) is 14.7. The first kappa shape index (κ1) is 17.6. The van der Waals surface area contributed by atoms with Crippen molar-refractivity contribution in [3.8, 4) is 11.5 Å². The minimum Gasteiger partial charge on any atom is -0.421 e. The second kappa shape index (κ2) is 7.77. The third-order valence-electron chi connectivity index (χ3n) is 3.99. The van der Waals surface area contributed by atoms with E-state index in [-0.39, 0.29) is 18.0 Å². The molecule has 0 aliphatic rings. The van der Waals surface area contributed by atoms with Crippen molar-refractivity contribution in [2.24, 2.45) is 0 Å². The van der Waals surface area contributed by atoms with Crippen LogP contribution in [0.4, 0.5) is 5.69 Å². The highest BCUT2D eigenvalue weighted by Gasteiger charge is 2.12. The fraction of sp³-hybridized carbons (Fsp3) is 0.263. The van der Waals surface area contributed by atoms with Gasteiger partial charge in [0.25, 0.3) is 5.56 Å². The van der Waals surface area contributed by atoms with Gasteiger partial charge in [0, 0.05) is 24.4 Å². The third kappa shape index (κ3) is 3.88. The van der Waals surface area contributed by atoms with Crippen LogP contribution in [0.5, 0.6) is 0 Å². The molecule has 0 atom stereocenters. The number of nitrogens with one attached hydrogen (secondary N) is 1. The molecule has 1 N–H and O–H groups in total. The van der Waals surface area contributed by atoms with E-state index in [1.54, 1.807) is 12.3 Å². The maximum absolute atomic E-state index is 12.4. The van der Waals surface area contributed by atoms with Gasteiger partial charge in [0.15, 0.2) is 0 Å². The van der Waals surface area contributed by atoms with Crippen LogP contribution in [0.15, 0.2) is 51.8 Å². The van der Waals surface area contributed by atoms with Crippen LogP contribution in [0.25, 0.3) is 11.5 Å². The molecule has 3 aromatic rings. The number of amides is 1. The molecule has 7 nitrogen and oxygen atoms in total. The van der Waals surface area contributed by atoms with Gasteiger partial charge in [-0.1, -0.05) is 32.0 Å². The topological polar surface area (TPSA) is 90.0 Å². The second-order valence-electron chi connectivity index (χ2n) is 5.80. The lowest BCUT2D eigenvalue weighted by Crippen LogP contribution is -2.27. The standard InChI is InChI=1S/C19H20N4O3/c1-3-13-7-5-6-8-15(13)20-16(24)12-23-11-14(9-10-18(23)25)19-22-21-17(4-2)26-19/h5-11H,3-4,12H2,1-2H3,(H,20,24). The van der Waals surface area contributed by atoms with E-state index < -0.39 is 0 Å². The van der Waals surface area contributed by atoms with Gasteiger partial charge >= 0.3 is 0 Å². The van der Waals surface area contributed by atoms with Crippen molar-refractivity contribution >= 4 is 11.6 Å². The van der Waals surface area contributed by atoms with Crippen molar-refractivity contribution in [1.29, 1.82) is 0 Å². The smallest absolute Gasteiger partial charge is 0.251 e. The lowest BCUT2D eigenvalue weighted by molar-refractivity contribution is -0.116. The average Bonchev–Trinajstić information content (AvgIpc) is 3.13. The van der Waals surface area contributed by atoms with Crippen molar-refractivity contribution in [1.82, 2.24) is 14.8 Å². The molecule has 0 saturated heterocycles. The molecule has 134 valence electrons. The fourth-order valence-electron chi connectivity index (χ4n) is 2.59. The molecule has 0 radical (unpaired) electrons. The molecule has 0 aliphatic carbocycles. The third-order valence-corrected chi connectivity index (χ3v) is 3.99. The largest absolute Gasteiger partial charge is 0.421 e. The lowest BCUT2D eigenvalue weighted by Gasteiger charge is -2.11. The highest BCUT2D eigenvalue weighted by Crippen LogP contribution is 2.17. The van der Waals surface area contributed by atoms with Gasteiger partial charge in [-0.25, -0.2) is 0 Å². The van der Waals surface area contributed by atoms with E-state index >= 15 is 0 Å². The molecule has 3 rings (SSSR count). The van der Waals surface area contributed by atoms with Gasteiger partial charge in [-0.05, 0) is 24.1 Å². The van der Waals surface area contributed by atoms with Gasteiger partial charge in [-0.2, -0.15) is 0 Å². The van der Waals surface area contributed by atoms with Crippen LogP contribution < -0.4 is 10.9 Å². The summed E-state index contributed by atoms with van der Waals surface area (Å²) in [5.41, 5.74) is 2.12. The minimum absolute atomic E-state index is 0.0977. The Hall–Kier alpha value is -3.22. The number of nitrogens with zero attached hydrogens (tertiary/aromatic N) is 3. The first-order valence-corrected chi connectivity index (χ1v) is 8.51. The molecule has 1 aromatic carbocycles. The predicted molar refractivity (Wildman–Crippen MR) is 97.8 cm³/mol. The molecule has 1 amide bonds. The van der Waals surface area contributed by atoms with Crippen molar-refractivity contribution in [3.63, 3.8) is 0 Å². The predicted octanol–water partition coefficient (Wildman–Crippen LogP) is 2.66. The molecule has 26 heavy (non-hydrogen) atoms. The molecule has 2 aromatic heterocycles. The zero-order chi connectivity index (χ0) is 18.5. The van der Waals surface area contributed by atoms with Gasteiger partial charge in [0.05, 0.1) is 5.56 Å². The molecule has 0 spiro atoms. The van der Waals surface area contributed by atoms with E-state index in [2.05, 4.69) is 15.5 Å². The highest BCUT2D eigenvalue weighted by molar-refractivity contribution is 5.91. The Bertz CT molecular complexity index is 975. The molecule has 0 aliphatic heterocycles. The Kier molecular flexibility index (Phi) is 5.26. The molecular weight excluding hydrogens is 332 g/mol. The number of aromatic nitrogens is 3. The van der Waals surface area contributed by atoms with Crippen molar-refractivity contribution < 1.29 is 9.21 Å². The van der Waals surface area contributed by atoms with Crippen LogP contribution in [0, 0.1) is 0 Å². The summed E-state index contributed by atoms with van der Waals surface area (Å²) in [5, 5.41) is 10.7. The molecular formula is C19H20N4O3. The van der Waals surface area contributed by atoms with Gasteiger partial charge in [-0.3, -0.25) is 9.59 Å². The van der Waals surface area contributed by atoms with E-state index in [4.69, 9.17) is 4.42 Å². The van der Waals surface area contributed by atoms with Crippen LogP contribution in [-0.2, 0) is 24.2 Å². The summed E-state index contributed by atoms with van der Waals surface area (Å²) in [6.07, 6.45) is 3.00. The fourth-order valence-corrected chi connectivity index (χ4v) is 2.59. The monoisotopic (exact) mass is 352 g/mol. The summed E-state index contributed by atoms with van der Waals surface area (Å²) < 4.78 is 6.83. The van der Waals surface area contributed by atoms with Gasteiger partial charge < -0.3 is 14.3 Å². The number of hydrogen-bond donors (Lipinski definition) is 1. The number of carbonyl (C=O) groups excluding carboxylic acids is 1. The SMILES string of the molecule is CCc1nnc(-c2ccc(=O)n(CC(=O)Nc3ccccc3CC)c2)o1. The molecule has 0 fully saturated rings. The summed E-state index contributed by atoms with van der Waals surface area (Å²) in [6.45, 7) is 3.84. The Morgan fingerprint density at radius 1 is 1.12 bits per heavy atom. The number of hydrogen-bond acceptors (Lipinski definition) is 5. The summed E-state index contributed by atoms with van der Waals surface area (Å²) in [6, 6.07) is 10.6. The first-order chi connectivity index (χ1) is 12.6.